The second-order valence-electron chi connectivity index (χ2n) is 8.19. The van der Waals surface area contributed by atoms with Crippen LogP contribution in [-0.2, 0) is 10.2 Å². The highest BCUT2D eigenvalue weighted by molar-refractivity contribution is 8.22. The number of carbonyl (C=O) groups excluding carboxylic acids is 1. The standard InChI is InChI=1S/C22H26O3S2/c1-22(2,3)17-9-8-15(19-20(17)25-13-24-19)12-14-6-4-7-16(18(14)23)21-26-10-5-11-27-21/h8-9,12H,4-7,10-11,13H2,1-3H3/b14-12+. The van der Waals surface area contributed by atoms with Crippen molar-refractivity contribution in [3.8, 4) is 11.5 Å². The molecular formula is C22H26O3S2. The molecule has 0 spiro atoms. The third kappa shape index (κ3) is 3.81. The zero-order valence-electron chi connectivity index (χ0n) is 16.2. The molecule has 0 aromatic heterocycles. The van der Waals surface area contributed by atoms with Gasteiger partial charge in [0.05, 0.1) is 0 Å². The van der Waals surface area contributed by atoms with Crippen LogP contribution in [0.5, 0.6) is 11.5 Å². The maximum Gasteiger partial charge on any atom is 0.231 e. The van der Waals surface area contributed by atoms with Crippen LogP contribution in [0.25, 0.3) is 6.08 Å². The minimum atomic E-state index is -0.0167. The Labute approximate surface area is 170 Å². The summed E-state index contributed by atoms with van der Waals surface area (Å²) in [6.45, 7) is 6.76. The van der Waals surface area contributed by atoms with E-state index in [4.69, 9.17) is 9.47 Å². The number of Topliss-reactive ketones (excluding diaryl/α,β-unsaturated/α-hetero) is 1. The zero-order chi connectivity index (χ0) is 19.0. The summed E-state index contributed by atoms with van der Waals surface area (Å²) >= 11 is 3.71. The second kappa shape index (κ2) is 7.59. The average molecular weight is 403 g/mol. The second-order valence-corrected chi connectivity index (χ2v) is 10.7. The monoisotopic (exact) mass is 402 g/mol. The predicted octanol–water partition coefficient (Wildman–Crippen LogP) is 5.93. The highest BCUT2D eigenvalue weighted by atomic mass is 32.2. The van der Waals surface area contributed by atoms with E-state index in [1.807, 2.05) is 29.6 Å². The number of hydrogen-bond donors (Lipinski definition) is 0. The maximum absolute atomic E-state index is 13.1. The predicted molar refractivity (Wildman–Crippen MR) is 115 cm³/mol. The van der Waals surface area contributed by atoms with Gasteiger partial charge >= 0.3 is 0 Å². The summed E-state index contributed by atoms with van der Waals surface area (Å²) in [5, 5.41) is 0. The number of hydrogen-bond acceptors (Lipinski definition) is 5. The SMILES string of the molecule is CC(C)(C)c1ccc(/C=C2\CCCC(=C3SCCCS3)C2=O)c2c1OCO2. The summed E-state index contributed by atoms with van der Waals surface area (Å²) in [6.07, 6.45) is 6.04. The lowest BCUT2D eigenvalue weighted by Crippen LogP contribution is -2.14. The van der Waals surface area contributed by atoms with Crippen molar-refractivity contribution < 1.29 is 14.3 Å². The highest BCUT2D eigenvalue weighted by Crippen LogP contribution is 2.46. The molecule has 0 unspecified atom stereocenters. The first-order valence-electron chi connectivity index (χ1n) is 9.62. The van der Waals surface area contributed by atoms with Gasteiger partial charge in [0.2, 0.25) is 6.79 Å². The Morgan fingerprint density at radius 1 is 1.00 bits per heavy atom. The van der Waals surface area contributed by atoms with Gasteiger partial charge in [-0.3, -0.25) is 4.79 Å². The molecule has 1 saturated heterocycles. The molecule has 1 saturated carbocycles. The van der Waals surface area contributed by atoms with E-state index in [0.717, 1.165) is 64.5 Å². The molecule has 0 atom stereocenters. The Morgan fingerprint density at radius 2 is 1.74 bits per heavy atom. The van der Waals surface area contributed by atoms with Crippen molar-refractivity contribution in [3.05, 3.63) is 38.6 Å². The van der Waals surface area contributed by atoms with Crippen LogP contribution in [0, 0.1) is 0 Å². The van der Waals surface area contributed by atoms with Crippen molar-refractivity contribution in [1.29, 1.82) is 0 Å². The summed E-state index contributed by atoms with van der Waals surface area (Å²) in [5.74, 6) is 4.10. The minimum absolute atomic E-state index is 0.0167. The number of carbonyl (C=O) groups is 1. The molecule has 2 heterocycles. The first-order valence-corrected chi connectivity index (χ1v) is 11.6. The molecule has 144 valence electrons. The van der Waals surface area contributed by atoms with E-state index in [0.29, 0.717) is 0 Å². The van der Waals surface area contributed by atoms with Gasteiger partial charge in [-0.05, 0) is 48.7 Å². The van der Waals surface area contributed by atoms with E-state index >= 15 is 0 Å². The molecular weight excluding hydrogens is 376 g/mol. The van der Waals surface area contributed by atoms with Crippen LogP contribution in [0.2, 0.25) is 0 Å². The van der Waals surface area contributed by atoms with Crippen LogP contribution in [-0.4, -0.2) is 24.1 Å². The lowest BCUT2D eigenvalue weighted by atomic mass is 9.84. The fraction of sp³-hybridized carbons (Fsp3) is 0.500. The van der Waals surface area contributed by atoms with E-state index in [9.17, 15) is 4.79 Å². The topological polar surface area (TPSA) is 35.5 Å². The van der Waals surface area contributed by atoms with Gasteiger partial charge in [0.25, 0.3) is 0 Å². The van der Waals surface area contributed by atoms with Gasteiger partial charge in [0.1, 0.15) is 0 Å². The van der Waals surface area contributed by atoms with Gasteiger partial charge in [0, 0.05) is 26.5 Å². The first-order chi connectivity index (χ1) is 12.9. The molecule has 1 aromatic rings. The fourth-order valence-electron chi connectivity index (χ4n) is 3.72. The molecule has 0 bridgehead atoms. The number of ketones is 1. The molecule has 5 heteroatoms. The van der Waals surface area contributed by atoms with Gasteiger partial charge < -0.3 is 9.47 Å². The molecule has 3 aliphatic rings. The first kappa shape index (κ1) is 19.0. The summed E-state index contributed by atoms with van der Waals surface area (Å²) < 4.78 is 12.8. The minimum Gasteiger partial charge on any atom is -0.453 e. The van der Waals surface area contributed by atoms with Crippen LogP contribution in [0.1, 0.15) is 57.6 Å². The quantitative estimate of drug-likeness (QED) is 0.544. The summed E-state index contributed by atoms with van der Waals surface area (Å²) in [6, 6.07) is 4.18. The Balaban J connectivity index is 1.70. The van der Waals surface area contributed by atoms with Crippen molar-refractivity contribution in [1.82, 2.24) is 0 Å². The Morgan fingerprint density at radius 3 is 2.48 bits per heavy atom. The van der Waals surface area contributed by atoms with E-state index in [1.54, 1.807) is 0 Å². The summed E-state index contributed by atoms with van der Waals surface area (Å²) in [4.78, 5) is 13.1. The van der Waals surface area contributed by atoms with Gasteiger partial charge in [-0.15, -0.1) is 23.5 Å². The molecule has 0 amide bonds. The Kier molecular flexibility index (Phi) is 5.34. The molecule has 2 aliphatic heterocycles. The Hall–Kier alpha value is -1.33. The average Bonchev–Trinajstić information content (AvgIpc) is 3.13. The van der Waals surface area contributed by atoms with E-state index < -0.39 is 0 Å². The van der Waals surface area contributed by atoms with Crippen molar-refractivity contribution in [2.75, 3.05) is 18.3 Å². The highest BCUT2D eigenvalue weighted by Gasteiger charge is 2.29. The summed E-state index contributed by atoms with van der Waals surface area (Å²) in [7, 11) is 0. The van der Waals surface area contributed by atoms with Crippen LogP contribution in [0.15, 0.2) is 27.5 Å². The number of rotatable bonds is 1. The van der Waals surface area contributed by atoms with Crippen molar-refractivity contribution in [3.63, 3.8) is 0 Å². The number of fused-ring (bicyclic) bond motifs is 1. The van der Waals surface area contributed by atoms with Gasteiger partial charge in [0.15, 0.2) is 17.3 Å². The smallest absolute Gasteiger partial charge is 0.231 e. The largest absolute Gasteiger partial charge is 0.453 e. The lowest BCUT2D eigenvalue weighted by Gasteiger charge is -2.23. The maximum atomic E-state index is 13.1. The van der Waals surface area contributed by atoms with Gasteiger partial charge in [-0.25, -0.2) is 0 Å². The normalized spacial score (nSPS) is 21.9. The van der Waals surface area contributed by atoms with Crippen LogP contribution in [0.4, 0.5) is 0 Å². The van der Waals surface area contributed by atoms with Crippen LogP contribution < -0.4 is 9.47 Å². The molecule has 1 aliphatic carbocycles. The van der Waals surface area contributed by atoms with Gasteiger partial charge in [-0.1, -0.05) is 32.9 Å². The van der Waals surface area contributed by atoms with Crippen LogP contribution >= 0.6 is 23.5 Å². The van der Waals surface area contributed by atoms with E-state index in [2.05, 4.69) is 32.9 Å². The van der Waals surface area contributed by atoms with Gasteiger partial charge in [-0.2, -0.15) is 0 Å². The third-order valence-electron chi connectivity index (χ3n) is 5.13. The number of benzene rings is 1. The molecule has 1 aromatic carbocycles. The van der Waals surface area contributed by atoms with Crippen molar-refractivity contribution in [2.24, 2.45) is 0 Å². The summed E-state index contributed by atoms with van der Waals surface area (Å²) in [5.41, 5.74) is 4.01. The third-order valence-corrected chi connectivity index (χ3v) is 7.84. The molecule has 4 rings (SSSR count). The molecule has 0 N–H and O–H groups in total. The number of allylic oxidation sites excluding steroid dienone is 2. The molecule has 27 heavy (non-hydrogen) atoms. The van der Waals surface area contributed by atoms with Crippen LogP contribution in [0.3, 0.4) is 0 Å². The van der Waals surface area contributed by atoms with E-state index in [1.165, 1.54) is 10.7 Å². The van der Waals surface area contributed by atoms with E-state index in [-0.39, 0.29) is 18.0 Å². The molecule has 3 nitrogen and oxygen atoms in total. The molecule has 2 fully saturated rings. The lowest BCUT2D eigenvalue weighted by molar-refractivity contribution is -0.112. The van der Waals surface area contributed by atoms with Crippen molar-refractivity contribution >= 4 is 35.4 Å². The number of ether oxygens (including phenoxy) is 2. The molecule has 0 radical (unpaired) electrons. The zero-order valence-corrected chi connectivity index (χ0v) is 17.9. The van der Waals surface area contributed by atoms with Crippen molar-refractivity contribution in [2.45, 2.75) is 51.9 Å². The number of thioether (sulfide) groups is 2. The Bertz CT molecular complexity index is 823. The fourth-order valence-corrected chi connectivity index (χ4v) is 6.43.